The molecule has 0 aliphatic rings. The normalized spacial score (nSPS) is 10.9. The van der Waals surface area contributed by atoms with Crippen molar-refractivity contribution in [2.45, 2.75) is 39.5 Å². The molecule has 17 heavy (non-hydrogen) atoms. The van der Waals surface area contributed by atoms with E-state index in [0.29, 0.717) is 12.2 Å². The summed E-state index contributed by atoms with van der Waals surface area (Å²) in [5.74, 6) is 0.619. The SMILES string of the molecule is CCCCCC(=O)c1cc2cc(C)ccc2o1. The van der Waals surface area contributed by atoms with E-state index in [9.17, 15) is 4.79 Å². The molecule has 0 saturated heterocycles. The van der Waals surface area contributed by atoms with Gasteiger partial charge in [-0.05, 0) is 31.5 Å². The molecule has 2 nitrogen and oxygen atoms in total. The van der Waals surface area contributed by atoms with Crippen LogP contribution >= 0.6 is 0 Å². The highest BCUT2D eigenvalue weighted by molar-refractivity contribution is 5.97. The second-order valence-electron chi connectivity index (χ2n) is 4.53. The Morgan fingerprint density at radius 2 is 2.06 bits per heavy atom. The van der Waals surface area contributed by atoms with Gasteiger partial charge in [0, 0.05) is 11.8 Å². The van der Waals surface area contributed by atoms with Crippen LogP contribution in [0.4, 0.5) is 0 Å². The monoisotopic (exact) mass is 230 g/mol. The smallest absolute Gasteiger partial charge is 0.198 e. The van der Waals surface area contributed by atoms with E-state index in [1.165, 1.54) is 5.56 Å². The molecule has 0 atom stereocenters. The molecule has 2 aromatic rings. The van der Waals surface area contributed by atoms with Crippen LogP contribution in [0, 0.1) is 6.92 Å². The molecule has 0 N–H and O–H groups in total. The molecular weight excluding hydrogens is 212 g/mol. The Kier molecular flexibility index (Phi) is 3.62. The average molecular weight is 230 g/mol. The topological polar surface area (TPSA) is 30.2 Å². The Morgan fingerprint density at radius 3 is 2.82 bits per heavy atom. The Morgan fingerprint density at radius 1 is 1.24 bits per heavy atom. The third kappa shape index (κ3) is 2.76. The molecule has 2 heteroatoms. The highest BCUT2D eigenvalue weighted by Crippen LogP contribution is 2.22. The van der Waals surface area contributed by atoms with Gasteiger partial charge in [0.05, 0.1) is 0 Å². The number of benzene rings is 1. The predicted octanol–water partition coefficient (Wildman–Crippen LogP) is 4.50. The van der Waals surface area contributed by atoms with E-state index in [2.05, 4.69) is 6.92 Å². The van der Waals surface area contributed by atoms with Gasteiger partial charge in [-0.25, -0.2) is 0 Å². The quantitative estimate of drug-likeness (QED) is 0.559. The number of carbonyl (C=O) groups excluding carboxylic acids is 1. The molecule has 0 amide bonds. The summed E-state index contributed by atoms with van der Waals surface area (Å²) in [6.07, 6.45) is 3.77. The Balaban J connectivity index is 2.15. The highest BCUT2D eigenvalue weighted by Gasteiger charge is 2.11. The van der Waals surface area contributed by atoms with Gasteiger partial charge in [-0.3, -0.25) is 4.79 Å². The van der Waals surface area contributed by atoms with Gasteiger partial charge in [-0.1, -0.05) is 31.4 Å². The largest absolute Gasteiger partial charge is 0.453 e. The molecule has 0 aliphatic heterocycles. The molecule has 0 radical (unpaired) electrons. The van der Waals surface area contributed by atoms with E-state index < -0.39 is 0 Å². The number of ketones is 1. The Hall–Kier alpha value is -1.57. The minimum Gasteiger partial charge on any atom is -0.453 e. The number of Topliss-reactive ketones (excluding diaryl/α,β-unsaturated/α-hetero) is 1. The van der Waals surface area contributed by atoms with Crippen molar-refractivity contribution in [3.63, 3.8) is 0 Å². The first kappa shape index (κ1) is 11.9. The zero-order chi connectivity index (χ0) is 12.3. The van der Waals surface area contributed by atoms with Gasteiger partial charge in [0.15, 0.2) is 11.5 Å². The van der Waals surface area contributed by atoms with E-state index in [1.807, 2.05) is 31.2 Å². The maximum Gasteiger partial charge on any atom is 0.198 e. The standard InChI is InChI=1S/C15H18O2/c1-3-4-5-6-13(16)15-10-12-9-11(2)7-8-14(12)17-15/h7-10H,3-6H2,1-2H3. The number of unbranched alkanes of at least 4 members (excludes halogenated alkanes) is 2. The molecule has 90 valence electrons. The summed E-state index contributed by atoms with van der Waals surface area (Å²) in [5.41, 5.74) is 1.98. The molecule has 2 rings (SSSR count). The lowest BCUT2D eigenvalue weighted by Gasteiger charge is -1.95. The Labute approximate surface area is 102 Å². The van der Waals surface area contributed by atoms with Crippen LogP contribution in [0.25, 0.3) is 11.0 Å². The van der Waals surface area contributed by atoms with E-state index in [1.54, 1.807) is 0 Å². The van der Waals surface area contributed by atoms with Crippen molar-refractivity contribution in [2.75, 3.05) is 0 Å². The van der Waals surface area contributed by atoms with Gasteiger partial charge < -0.3 is 4.42 Å². The van der Waals surface area contributed by atoms with Gasteiger partial charge in [0.2, 0.25) is 0 Å². The van der Waals surface area contributed by atoms with Gasteiger partial charge in [0.25, 0.3) is 0 Å². The van der Waals surface area contributed by atoms with Crippen LogP contribution in [-0.2, 0) is 0 Å². The third-order valence-corrected chi connectivity index (χ3v) is 2.95. The van der Waals surface area contributed by atoms with Crippen molar-refractivity contribution >= 4 is 16.8 Å². The van der Waals surface area contributed by atoms with Crippen molar-refractivity contribution in [2.24, 2.45) is 0 Å². The number of rotatable bonds is 5. The van der Waals surface area contributed by atoms with E-state index in [4.69, 9.17) is 4.42 Å². The van der Waals surface area contributed by atoms with Crippen molar-refractivity contribution in [1.29, 1.82) is 0 Å². The lowest BCUT2D eigenvalue weighted by atomic mass is 10.1. The molecule has 1 aromatic heterocycles. The fourth-order valence-corrected chi connectivity index (χ4v) is 1.96. The first-order valence-corrected chi connectivity index (χ1v) is 6.24. The maximum atomic E-state index is 11.9. The van der Waals surface area contributed by atoms with Crippen LogP contribution in [0.2, 0.25) is 0 Å². The average Bonchev–Trinajstić information content (AvgIpc) is 2.72. The summed E-state index contributed by atoms with van der Waals surface area (Å²) in [4.78, 5) is 11.9. The second-order valence-corrected chi connectivity index (χ2v) is 4.53. The number of hydrogen-bond acceptors (Lipinski definition) is 2. The van der Waals surface area contributed by atoms with Crippen LogP contribution in [0.3, 0.4) is 0 Å². The zero-order valence-corrected chi connectivity index (χ0v) is 10.5. The fraction of sp³-hybridized carbons (Fsp3) is 0.400. The van der Waals surface area contributed by atoms with Crippen molar-refractivity contribution in [1.82, 2.24) is 0 Å². The molecule has 0 fully saturated rings. The second kappa shape index (κ2) is 5.17. The van der Waals surface area contributed by atoms with Crippen LogP contribution < -0.4 is 0 Å². The minimum absolute atomic E-state index is 0.118. The van der Waals surface area contributed by atoms with Gasteiger partial charge >= 0.3 is 0 Å². The highest BCUT2D eigenvalue weighted by atomic mass is 16.3. The van der Waals surface area contributed by atoms with Crippen molar-refractivity contribution < 1.29 is 9.21 Å². The van der Waals surface area contributed by atoms with E-state index in [0.717, 1.165) is 30.2 Å². The summed E-state index contributed by atoms with van der Waals surface area (Å²) in [7, 11) is 0. The van der Waals surface area contributed by atoms with Gasteiger partial charge in [-0.15, -0.1) is 0 Å². The Bertz CT molecular complexity index is 523. The number of aryl methyl sites for hydroxylation is 1. The van der Waals surface area contributed by atoms with E-state index >= 15 is 0 Å². The van der Waals surface area contributed by atoms with Crippen LogP contribution in [-0.4, -0.2) is 5.78 Å². The molecule has 0 bridgehead atoms. The predicted molar refractivity (Wildman–Crippen MR) is 69.4 cm³/mol. The lowest BCUT2D eigenvalue weighted by Crippen LogP contribution is -1.96. The maximum absolute atomic E-state index is 11.9. The van der Waals surface area contributed by atoms with Gasteiger partial charge in [0.1, 0.15) is 5.58 Å². The summed E-state index contributed by atoms with van der Waals surface area (Å²) in [5, 5.41) is 1.02. The molecule has 0 aliphatic carbocycles. The fourth-order valence-electron chi connectivity index (χ4n) is 1.96. The summed E-state index contributed by atoms with van der Waals surface area (Å²) in [6, 6.07) is 7.82. The minimum atomic E-state index is 0.118. The van der Waals surface area contributed by atoms with Gasteiger partial charge in [-0.2, -0.15) is 0 Å². The van der Waals surface area contributed by atoms with Crippen molar-refractivity contribution in [3.05, 3.63) is 35.6 Å². The molecule has 0 unspecified atom stereocenters. The number of carbonyl (C=O) groups is 1. The number of hydrogen-bond donors (Lipinski definition) is 0. The lowest BCUT2D eigenvalue weighted by molar-refractivity contribution is 0.0954. The first-order chi connectivity index (χ1) is 8.20. The summed E-state index contributed by atoms with van der Waals surface area (Å²) >= 11 is 0. The molecule has 0 saturated carbocycles. The number of furan rings is 1. The number of fused-ring (bicyclic) bond motifs is 1. The third-order valence-electron chi connectivity index (χ3n) is 2.95. The van der Waals surface area contributed by atoms with Crippen LogP contribution in [0.1, 0.15) is 48.7 Å². The first-order valence-electron chi connectivity index (χ1n) is 6.24. The molecule has 1 heterocycles. The summed E-state index contributed by atoms with van der Waals surface area (Å²) < 4.78 is 5.57. The molecule has 0 spiro atoms. The van der Waals surface area contributed by atoms with Crippen LogP contribution in [0.5, 0.6) is 0 Å². The van der Waals surface area contributed by atoms with Crippen molar-refractivity contribution in [3.8, 4) is 0 Å². The summed E-state index contributed by atoms with van der Waals surface area (Å²) in [6.45, 7) is 4.17. The van der Waals surface area contributed by atoms with Crippen LogP contribution in [0.15, 0.2) is 28.7 Å². The molecular formula is C15H18O2. The molecule has 1 aromatic carbocycles. The zero-order valence-electron chi connectivity index (χ0n) is 10.5. The van der Waals surface area contributed by atoms with E-state index in [-0.39, 0.29) is 5.78 Å².